The first kappa shape index (κ1) is 20.7. The van der Waals surface area contributed by atoms with E-state index >= 15 is 0 Å². The Morgan fingerprint density at radius 1 is 0.767 bits per heavy atom. The van der Waals surface area contributed by atoms with Crippen LogP contribution >= 0.6 is 23.5 Å². The van der Waals surface area contributed by atoms with Crippen molar-refractivity contribution in [2.24, 2.45) is 0 Å². The summed E-state index contributed by atoms with van der Waals surface area (Å²) in [5, 5.41) is 0. The molecule has 6 heteroatoms. The Kier molecular flexibility index (Phi) is 7.21. The highest BCUT2D eigenvalue weighted by Gasteiger charge is 2.18. The molecule has 3 aromatic carbocycles. The van der Waals surface area contributed by atoms with Crippen molar-refractivity contribution in [3.05, 3.63) is 90.0 Å². The predicted octanol–water partition coefficient (Wildman–Crippen LogP) is 5.73. The molecular formula is C24H22O4S2. The van der Waals surface area contributed by atoms with Gasteiger partial charge in [-0.1, -0.05) is 42.5 Å². The van der Waals surface area contributed by atoms with E-state index in [1.165, 1.54) is 17.1 Å². The molecule has 3 aromatic rings. The number of carbonyl (C=O) groups is 1. The van der Waals surface area contributed by atoms with Crippen LogP contribution in [-0.4, -0.2) is 24.1 Å². The fourth-order valence-electron chi connectivity index (χ4n) is 2.92. The zero-order chi connectivity index (χ0) is 20.6. The van der Waals surface area contributed by atoms with E-state index < -0.39 is 5.97 Å². The fourth-order valence-corrected chi connectivity index (χ4v) is 5.78. The van der Waals surface area contributed by atoms with Crippen LogP contribution in [0.25, 0.3) is 0 Å². The first-order valence-corrected chi connectivity index (χ1v) is 11.8. The second-order valence-electron chi connectivity index (χ2n) is 6.65. The molecule has 1 fully saturated rings. The number of carbonyl (C=O) groups excluding carboxylic acids is 1. The Morgan fingerprint density at radius 3 is 2.03 bits per heavy atom. The van der Waals surface area contributed by atoms with Crippen LogP contribution < -0.4 is 14.2 Å². The van der Waals surface area contributed by atoms with E-state index in [0.29, 0.717) is 22.7 Å². The van der Waals surface area contributed by atoms with Crippen LogP contribution in [0.1, 0.15) is 15.7 Å². The number of rotatable bonds is 8. The molecule has 154 valence electrons. The number of hydrogen-bond acceptors (Lipinski definition) is 6. The molecule has 0 amide bonds. The average Bonchev–Trinajstić information content (AvgIpc) is 3.33. The van der Waals surface area contributed by atoms with Gasteiger partial charge in [-0.2, -0.15) is 0 Å². The van der Waals surface area contributed by atoms with Gasteiger partial charge in [0.25, 0.3) is 0 Å². The molecule has 0 N–H and O–H groups in total. The van der Waals surface area contributed by atoms with Gasteiger partial charge in [0.15, 0.2) is 6.61 Å². The maximum absolute atomic E-state index is 12.1. The van der Waals surface area contributed by atoms with Gasteiger partial charge in [-0.05, 0) is 47.5 Å². The summed E-state index contributed by atoms with van der Waals surface area (Å²) in [5.74, 6) is 3.80. The second-order valence-corrected chi connectivity index (χ2v) is 9.38. The molecule has 0 saturated carbocycles. The Morgan fingerprint density at radius 2 is 1.37 bits per heavy atom. The molecule has 0 spiro atoms. The van der Waals surface area contributed by atoms with E-state index in [2.05, 4.69) is 0 Å². The van der Waals surface area contributed by atoms with Crippen LogP contribution in [0.3, 0.4) is 0 Å². The third-order valence-corrected chi connectivity index (χ3v) is 7.54. The van der Waals surface area contributed by atoms with Crippen molar-refractivity contribution in [2.45, 2.75) is 11.2 Å². The summed E-state index contributed by atoms with van der Waals surface area (Å²) < 4.78 is 17.1. The Labute approximate surface area is 184 Å². The molecule has 4 rings (SSSR count). The van der Waals surface area contributed by atoms with Crippen molar-refractivity contribution in [3.63, 3.8) is 0 Å². The van der Waals surface area contributed by atoms with Crippen LogP contribution in [-0.2, 0) is 11.4 Å². The normalized spacial score (nSPS) is 13.7. The summed E-state index contributed by atoms with van der Waals surface area (Å²) in [5.41, 5.74) is 2.36. The lowest BCUT2D eigenvalue weighted by Gasteiger charge is -2.10. The number of benzene rings is 3. The zero-order valence-electron chi connectivity index (χ0n) is 16.4. The highest BCUT2D eigenvalue weighted by atomic mass is 32.2. The number of hydrogen-bond donors (Lipinski definition) is 0. The van der Waals surface area contributed by atoms with Crippen molar-refractivity contribution in [1.82, 2.24) is 0 Å². The van der Waals surface area contributed by atoms with Crippen molar-refractivity contribution in [3.8, 4) is 17.2 Å². The van der Waals surface area contributed by atoms with Crippen molar-refractivity contribution >= 4 is 29.5 Å². The van der Waals surface area contributed by atoms with Crippen LogP contribution in [0.4, 0.5) is 0 Å². The van der Waals surface area contributed by atoms with Gasteiger partial charge in [-0.15, -0.1) is 23.5 Å². The molecule has 0 bridgehead atoms. The largest absolute Gasteiger partial charge is 0.489 e. The molecular weight excluding hydrogens is 416 g/mol. The van der Waals surface area contributed by atoms with Crippen molar-refractivity contribution in [1.29, 1.82) is 0 Å². The lowest BCUT2D eigenvalue weighted by molar-refractivity contribution is -0.136. The first-order chi connectivity index (χ1) is 14.8. The van der Waals surface area contributed by atoms with Gasteiger partial charge in [0.1, 0.15) is 23.9 Å². The molecule has 0 aliphatic carbocycles. The molecule has 0 atom stereocenters. The minimum atomic E-state index is -0.434. The molecule has 4 nitrogen and oxygen atoms in total. The molecule has 0 unspecified atom stereocenters. The fraction of sp³-hybridized carbons (Fsp3) is 0.208. The first-order valence-electron chi connectivity index (χ1n) is 9.70. The van der Waals surface area contributed by atoms with E-state index in [-0.39, 0.29) is 6.61 Å². The van der Waals surface area contributed by atoms with Gasteiger partial charge in [0.2, 0.25) is 0 Å². The Bertz CT molecular complexity index is 937. The predicted molar refractivity (Wildman–Crippen MR) is 122 cm³/mol. The third kappa shape index (κ3) is 5.97. The standard InChI is InChI=1S/C24H22O4S2/c25-23(28-22-8-6-19(7-9-22)24-29-14-15-30-24)17-27-21-12-10-20(11-13-21)26-16-18-4-2-1-3-5-18/h1-13,24H,14-17H2. The zero-order valence-corrected chi connectivity index (χ0v) is 18.0. The Balaban J connectivity index is 1.21. The average molecular weight is 439 g/mol. The smallest absolute Gasteiger partial charge is 0.349 e. The summed E-state index contributed by atoms with van der Waals surface area (Å²) >= 11 is 3.90. The highest BCUT2D eigenvalue weighted by Crippen LogP contribution is 2.45. The molecule has 0 aromatic heterocycles. The molecule has 1 heterocycles. The number of esters is 1. The van der Waals surface area contributed by atoms with E-state index in [4.69, 9.17) is 14.2 Å². The summed E-state index contributed by atoms with van der Waals surface area (Å²) in [4.78, 5) is 12.1. The lowest BCUT2D eigenvalue weighted by Crippen LogP contribution is -2.17. The van der Waals surface area contributed by atoms with Gasteiger partial charge in [0, 0.05) is 11.5 Å². The van der Waals surface area contributed by atoms with E-state index in [1.54, 1.807) is 12.1 Å². The van der Waals surface area contributed by atoms with Gasteiger partial charge in [-0.3, -0.25) is 0 Å². The third-order valence-electron chi connectivity index (χ3n) is 4.43. The van der Waals surface area contributed by atoms with Crippen LogP contribution in [0.15, 0.2) is 78.9 Å². The molecule has 0 radical (unpaired) electrons. The number of ether oxygens (including phenoxy) is 3. The van der Waals surface area contributed by atoms with Crippen LogP contribution in [0.2, 0.25) is 0 Å². The molecule has 1 aliphatic rings. The lowest BCUT2D eigenvalue weighted by atomic mass is 10.2. The van der Waals surface area contributed by atoms with Crippen LogP contribution in [0, 0.1) is 0 Å². The number of thioether (sulfide) groups is 2. The molecule has 1 aliphatic heterocycles. The summed E-state index contributed by atoms with van der Waals surface area (Å²) in [6.07, 6.45) is 0. The minimum absolute atomic E-state index is 0.152. The maximum Gasteiger partial charge on any atom is 0.349 e. The highest BCUT2D eigenvalue weighted by molar-refractivity contribution is 8.19. The summed E-state index contributed by atoms with van der Waals surface area (Å²) in [6, 6.07) is 24.9. The van der Waals surface area contributed by atoms with Gasteiger partial charge >= 0.3 is 5.97 Å². The van der Waals surface area contributed by atoms with Gasteiger partial charge in [-0.25, -0.2) is 4.79 Å². The van der Waals surface area contributed by atoms with Crippen molar-refractivity contribution in [2.75, 3.05) is 18.1 Å². The SMILES string of the molecule is O=C(COc1ccc(OCc2ccccc2)cc1)Oc1ccc(C2SCCS2)cc1. The van der Waals surface area contributed by atoms with E-state index in [0.717, 1.165) is 11.3 Å². The quantitative estimate of drug-likeness (QED) is 0.331. The summed E-state index contributed by atoms with van der Waals surface area (Å²) in [7, 11) is 0. The maximum atomic E-state index is 12.1. The van der Waals surface area contributed by atoms with E-state index in [1.807, 2.05) is 90.3 Å². The van der Waals surface area contributed by atoms with Crippen molar-refractivity contribution < 1.29 is 19.0 Å². The molecule has 1 saturated heterocycles. The summed E-state index contributed by atoms with van der Waals surface area (Å²) in [6.45, 7) is 0.352. The minimum Gasteiger partial charge on any atom is -0.489 e. The molecule has 30 heavy (non-hydrogen) atoms. The monoisotopic (exact) mass is 438 g/mol. The van der Waals surface area contributed by atoms with Gasteiger partial charge in [0.05, 0.1) is 4.58 Å². The topological polar surface area (TPSA) is 44.8 Å². The van der Waals surface area contributed by atoms with E-state index in [9.17, 15) is 4.79 Å². The van der Waals surface area contributed by atoms with Crippen LogP contribution in [0.5, 0.6) is 17.2 Å². The Hall–Kier alpha value is -2.57. The second kappa shape index (κ2) is 10.5. The van der Waals surface area contributed by atoms with Gasteiger partial charge < -0.3 is 14.2 Å².